The number of aliphatic hydroxyl groups excluding tert-OH is 1. The molecule has 0 saturated heterocycles. The number of aliphatic hydroxyl groups is 1. The topological polar surface area (TPSA) is 29.5 Å². The summed E-state index contributed by atoms with van der Waals surface area (Å²) in [7, 11) is 1.53. The maximum Gasteiger partial charge on any atom is 0.132 e. The van der Waals surface area contributed by atoms with Crippen molar-refractivity contribution in [2.45, 2.75) is 44.3 Å². The minimum Gasteiger partial charge on any atom is -0.386 e. The van der Waals surface area contributed by atoms with Crippen LogP contribution in [0.5, 0.6) is 0 Å². The maximum atomic E-state index is 13.7. The Morgan fingerprint density at radius 1 is 1.21 bits per heavy atom. The number of benzene rings is 1. The second-order valence-electron chi connectivity index (χ2n) is 5.21. The largest absolute Gasteiger partial charge is 0.386 e. The standard InChI is InChI=1S/C15H20F2O2/c1-19-15(10-5-3-2-4-6-10)14(18)12-8-7-11(16)9-13(12)17/h7-10,14-15,18H,2-6H2,1H3. The Balaban J connectivity index is 2.17. The van der Waals surface area contributed by atoms with E-state index in [1.165, 1.54) is 19.6 Å². The Kier molecular flexibility index (Phi) is 4.88. The molecule has 1 aromatic rings. The number of methoxy groups -OCH3 is 1. The van der Waals surface area contributed by atoms with Gasteiger partial charge >= 0.3 is 0 Å². The number of ether oxygens (including phenoxy) is 1. The molecule has 2 nitrogen and oxygen atoms in total. The zero-order chi connectivity index (χ0) is 13.8. The summed E-state index contributed by atoms with van der Waals surface area (Å²) in [6.07, 6.45) is 3.92. The lowest BCUT2D eigenvalue weighted by atomic mass is 9.82. The van der Waals surface area contributed by atoms with Gasteiger partial charge in [0.1, 0.15) is 17.7 Å². The molecular formula is C15H20F2O2. The molecule has 2 atom stereocenters. The Labute approximate surface area is 112 Å². The van der Waals surface area contributed by atoms with Gasteiger partial charge in [-0.05, 0) is 24.8 Å². The van der Waals surface area contributed by atoms with Crippen LogP contribution in [-0.4, -0.2) is 18.3 Å². The van der Waals surface area contributed by atoms with Crippen molar-refractivity contribution in [2.75, 3.05) is 7.11 Å². The highest BCUT2D eigenvalue weighted by atomic mass is 19.1. The van der Waals surface area contributed by atoms with Gasteiger partial charge in [0.2, 0.25) is 0 Å². The molecule has 2 unspecified atom stereocenters. The van der Waals surface area contributed by atoms with Gasteiger partial charge in [-0.15, -0.1) is 0 Å². The summed E-state index contributed by atoms with van der Waals surface area (Å²) in [6, 6.07) is 3.26. The Morgan fingerprint density at radius 3 is 2.47 bits per heavy atom. The average molecular weight is 270 g/mol. The van der Waals surface area contributed by atoms with Gasteiger partial charge in [-0.1, -0.05) is 25.3 Å². The van der Waals surface area contributed by atoms with Gasteiger partial charge in [-0.2, -0.15) is 0 Å². The van der Waals surface area contributed by atoms with E-state index in [1.54, 1.807) is 0 Å². The van der Waals surface area contributed by atoms with Crippen LogP contribution in [-0.2, 0) is 4.74 Å². The van der Waals surface area contributed by atoms with Crippen molar-refractivity contribution in [3.8, 4) is 0 Å². The molecule has 1 aliphatic carbocycles. The molecule has 0 spiro atoms. The van der Waals surface area contributed by atoms with Gasteiger partial charge in [0.15, 0.2) is 0 Å². The summed E-state index contributed by atoms with van der Waals surface area (Å²) in [4.78, 5) is 0. The minimum absolute atomic E-state index is 0.110. The van der Waals surface area contributed by atoms with Gasteiger partial charge in [0, 0.05) is 18.7 Å². The van der Waals surface area contributed by atoms with Crippen molar-refractivity contribution < 1.29 is 18.6 Å². The molecule has 19 heavy (non-hydrogen) atoms. The lowest BCUT2D eigenvalue weighted by molar-refractivity contribution is -0.0571. The maximum absolute atomic E-state index is 13.7. The highest BCUT2D eigenvalue weighted by Gasteiger charge is 2.31. The molecule has 4 heteroatoms. The molecule has 106 valence electrons. The van der Waals surface area contributed by atoms with Crippen LogP contribution in [0.2, 0.25) is 0 Å². The average Bonchev–Trinajstić information content (AvgIpc) is 2.40. The number of halogens is 2. The third-order valence-corrected chi connectivity index (χ3v) is 3.98. The lowest BCUT2D eigenvalue weighted by Crippen LogP contribution is -2.31. The summed E-state index contributed by atoms with van der Waals surface area (Å²) < 4.78 is 32.0. The van der Waals surface area contributed by atoms with Gasteiger partial charge in [-0.3, -0.25) is 0 Å². The summed E-state index contributed by atoms with van der Waals surface area (Å²) in [6.45, 7) is 0. The van der Waals surface area contributed by atoms with E-state index in [-0.39, 0.29) is 11.5 Å². The first-order chi connectivity index (χ1) is 9.13. The molecular weight excluding hydrogens is 250 g/mol. The second-order valence-corrected chi connectivity index (χ2v) is 5.21. The first kappa shape index (κ1) is 14.4. The van der Waals surface area contributed by atoms with E-state index < -0.39 is 23.8 Å². The fraction of sp³-hybridized carbons (Fsp3) is 0.600. The van der Waals surface area contributed by atoms with Crippen LogP contribution in [0.25, 0.3) is 0 Å². The van der Waals surface area contributed by atoms with Crippen molar-refractivity contribution in [1.29, 1.82) is 0 Å². The van der Waals surface area contributed by atoms with E-state index in [4.69, 9.17) is 4.74 Å². The van der Waals surface area contributed by atoms with Crippen LogP contribution >= 0.6 is 0 Å². The molecule has 1 N–H and O–H groups in total. The fourth-order valence-corrected chi connectivity index (χ4v) is 2.96. The summed E-state index contributed by atoms with van der Waals surface area (Å²) in [5.74, 6) is -1.12. The van der Waals surface area contributed by atoms with Crippen molar-refractivity contribution in [2.24, 2.45) is 5.92 Å². The molecule has 0 amide bonds. The first-order valence-corrected chi connectivity index (χ1v) is 6.79. The van der Waals surface area contributed by atoms with E-state index in [0.29, 0.717) is 0 Å². The van der Waals surface area contributed by atoms with E-state index in [9.17, 15) is 13.9 Å². The van der Waals surface area contributed by atoms with Crippen molar-refractivity contribution in [1.82, 2.24) is 0 Å². The number of hydrogen-bond donors (Lipinski definition) is 1. The molecule has 2 rings (SSSR count). The minimum atomic E-state index is -1.05. The van der Waals surface area contributed by atoms with E-state index in [2.05, 4.69) is 0 Å². The third kappa shape index (κ3) is 3.31. The molecule has 1 aliphatic rings. The van der Waals surface area contributed by atoms with Gasteiger partial charge in [0.05, 0.1) is 6.10 Å². The van der Waals surface area contributed by atoms with E-state index in [0.717, 1.165) is 37.8 Å². The van der Waals surface area contributed by atoms with Crippen molar-refractivity contribution >= 4 is 0 Å². The molecule has 0 heterocycles. The predicted octanol–water partition coefficient (Wildman–Crippen LogP) is 3.59. The zero-order valence-electron chi connectivity index (χ0n) is 11.1. The number of rotatable bonds is 4. The third-order valence-electron chi connectivity index (χ3n) is 3.98. The highest BCUT2D eigenvalue weighted by molar-refractivity contribution is 5.22. The quantitative estimate of drug-likeness (QED) is 0.906. The monoisotopic (exact) mass is 270 g/mol. The predicted molar refractivity (Wildman–Crippen MR) is 68.7 cm³/mol. The Hall–Kier alpha value is -1.00. The molecule has 0 bridgehead atoms. The fourth-order valence-electron chi connectivity index (χ4n) is 2.96. The lowest BCUT2D eigenvalue weighted by Gasteiger charge is -2.32. The van der Waals surface area contributed by atoms with E-state index >= 15 is 0 Å². The molecule has 0 radical (unpaired) electrons. The van der Waals surface area contributed by atoms with Crippen molar-refractivity contribution in [3.63, 3.8) is 0 Å². The Bertz CT molecular complexity index is 417. The molecule has 0 aromatic heterocycles. The zero-order valence-corrected chi connectivity index (χ0v) is 11.1. The normalized spacial score (nSPS) is 20.2. The van der Waals surface area contributed by atoms with Crippen LogP contribution in [0.1, 0.15) is 43.8 Å². The highest BCUT2D eigenvalue weighted by Crippen LogP contribution is 2.34. The number of hydrogen-bond acceptors (Lipinski definition) is 2. The SMILES string of the molecule is COC(C1CCCCC1)C(O)c1ccc(F)cc1F. The summed E-state index contributed by atoms with van der Waals surface area (Å²) in [5, 5.41) is 10.3. The van der Waals surface area contributed by atoms with Gasteiger partial charge in [-0.25, -0.2) is 8.78 Å². The van der Waals surface area contributed by atoms with Crippen LogP contribution in [0.15, 0.2) is 18.2 Å². The van der Waals surface area contributed by atoms with Crippen LogP contribution in [0, 0.1) is 17.6 Å². The van der Waals surface area contributed by atoms with Gasteiger partial charge in [0.25, 0.3) is 0 Å². The van der Waals surface area contributed by atoms with Crippen molar-refractivity contribution in [3.05, 3.63) is 35.4 Å². The van der Waals surface area contributed by atoms with Gasteiger partial charge < -0.3 is 9.84 Å². The van der Waals surface area contributed by atoms with Crippen LogP contribution in [0.4, 0.5) is 8.78 Å². The molecule has 1 saturated carbocycles. The summed E-state index contributed by atoms with van der Waals surface area (Å²) >= 11 is 0. The second kappa shape index (κ2) is 6.44. The molecule has 1 aromatic carbocycles. The van der Waals surface area contributed by atoms with Crippen LogP contribution < -0.4 is 0 Å². The molecule has 0 aliphatic heterocycles. The van der Waals surface area contributed by atoms with Crippen LogP contribution in [0.3, 0.4) is 0 Å². The first-order valence-electron chi connectivity index (χ1n) is 6.79. The smallest absolute Gasteiger partial charge is 0.132 e. The Morgan fingerprint density at radius 2 is 1.89 bits per heavy atom. The van der Waals surface area contributed by atoms with E-state index in [1.807, 2.05) is 0 Å². The summed E-state index contributed by atoms with van der Waals surface area (Å²) in [5.41, 5.74) is 0.110. The molecule has 1 fully saturated rings.